The van der Waals surface area contributed by atoms with Crippen molar-refractivity contribution in [2.24, 2.45) is 0 Å². The van der Waals surface area contributed by atoms with Crippen molar-refractivity contribution in [2.75, 3.05) is 9.80 Å². The molecule has 0 bridgehead atoms. The highest BCUT2D eigenvalue weighted by Crippen LogP contribution is 2.48. The molecule has 32 heavy (non-hydrogen) atoms. The first-order chi connectivity index (χ1) is 15.2. The molecule has 1 aliphatic carbocycles. The summed E-state index contributed by atoms with van der Waals surface area (Å²) in [4.78, 5) is 28.0. The predicted octanol–water partition coefficient (Wildman–Crippen LogP) is 4.31. The lowest BCUT2D eigenvalue weighted by molar-refractivity contribution is -0.137. The third kappa shape index (κ3) is 2.74. The first-order valence-corrected chi connectivity index (χ1v) is 10.2. The highest BCUT2D eigenvalue weighted by Gasteiger charge is 2.59. The lowest BCUT2D eigenvalue weighted by atomic mass is 9.75. The zero-order chi connectivity index (χ0) is 22.8. The molecule has 2 aromatic carbocycles. The van der Waals surface area contributed by atoms with Crippen molar-refractivity contribution in [2.45, 2.75) is 37.6 Å². The monoisotopic (exact) mass is 457 g/mol. The van der Waals surface area contributed by atoms with E-state index in [1.807, 2.05) is 0 Å². The van der Waals surface area contributed by atoms with E-state index in [1.54, 1.807) is 23.1 Å². The molecule has 0 aromatic heterocycles. The van der Waals surface area contributed by atoms with E-state index < -0.39 is 34.7 Å². The number of nitrogens with zero attached hydrogens (tertiary/aromatic N) is 3. The van der Waals surface area contributed by atoms with E-state index in [0.717, 1.165) is 23.5 Å². The summed E-state index contributed by atoms with van der Waals surface area (Å²) in [6, 6.07) is 9.65. The molecule has 10 heteroatoms. The van der Waals surface area contributed by atoms with E-state index in [0.29, 0.717) is 29.7 Å². The molecular weight excluding hydrogens is 443 g/mol. The molecule has 0 radical (unpaired) electrons. The smallest absolute Gasteiger partial charge is 0.417 e. The third-order valence-electron chi connectivity index (χ3n) is 6.21. The zero-order valence-corrected chi connectivity index (χ0v) is 17.2. The van der Waals surface area contributed by atoms with Crippen molar-refractivity contribution in [1.29, 1.82) is 5.26 Å². The van der Waals surface area contributed by atoms with E-state index in [-0.39, 0.29) is 17.4 Å². The van der Waals surface area contributed by atoms with Gasteiger partial charge in [0.15, 0.2) is 5.11 Å². The van der Waals surface area contributed by atoms with Crippen molar-refractivity contribution in [3.63, 3.8) is 0 Å². The summed E-state index contributed by atoms with van der Waals surface area (Å²) < 4.78 is 45.5. The molecule has 2 aromatic rings. The molecule has 162 valence electrons. The summed E-state index contributed by atoms with van der Waals surface area (Å²) in [5.74, 6) is -0.830. The summed E-state index contributed by atoms with van der Waals surface area (Å²) in [7, 11) is 0. The van der Waals surface area contributed by atoms with Crippen LogP contribution in [-0.4, -0.2) is 22.5 Å². The maximum Gasteiger partial charge on any atom is 0.417 e. The Balaban J connectivity index is 1.60. The topological polar surface area (TPSA) is 73.6 Å². The minimum absolute atomic E-state index is 0.0419. The number of fused-ring (bicyclic) bond motifs is 1. The molecule has 1 saturated carbocycles. The number of benzene rings is 2. The second-order valence-corrected chi connectivity index (χ2v) is 8.27. The van der Waals surface area contributed by atoms with Gasteiger partial charge in [-0.3, -0.25) is 9.69 Å². The zero-order valence-electron chi connectivity index (χ0n) is 16.4. The lowest BCUT2D eigenvalue weighted by Crippen LogP contribution is -2.55. The maximum absolute atomic E-state index is 13.5. The van der Waals surface area contributed by atoms with Gasteiger partial charge in [-0.25, -0.2) is 4.79 Å². The van der Waals surface area contributed by atoms with Crippen LogP contribution in [0.2, 0.25) is 0 Å². The van der Waals surface area contributed by atoms with Crippen LogP contribution in [0.5, 0.6) is 0 Å². The number of alkyl halides is 3. The molecule has 6 nitrogen and oxygen atoms in total. The van der Waals surface area contributed by atoms with Gasteiger partial charge < -0.3 is 9.64 Å². The van der Waals surface area contributed by atoms with Crippen LogP contribution >= 0.6 is 12.2 Å². The molecule has 1 spiro atoms. The first kappa shape index (κ1) is 20.5. The van der Waals surface area contributed by atoms with Crippen molar-refractivity contribution >= 4 is 40.6 Å². The number of rotatable bonds is 2. The van der Waals surface area contributed by atoms with Gasteiger partial charge in [-0.05, 0) is 67.9 Å². The third-order valence-corrected chi connectivity index (χ3v) is 6.57. The van der Waals surface area contributed by atoms with Crippen LogP contribution in [0.1, 0.15) is 46.3 Å². The molecule has 0 unspecified atom stereocenters. The number of hydrogen-bond donors (Lipinski definition) is 0. The summed E-state index contributed by atoms with van der Waals surface area (Å²) in [6.07, 6.45) is -2.99. The molecule has 0 N–H and O–H groups in total. The van der Waals surface area contributed by atoms with Gasteiger partial charge in [-0.1, -0.05) is 0 Å². The van der Waals surface area contributed by atoms with E-state index >= 15 is 0 Å². The van der Waals surface area contributed by atoms with Crippen molar-refractivity contribution in [1.82, 2.24) is 0 Å². The SMILES string of the molecule is N#Cc1ccc(N2C(=O)C3(CCC3)N(c3ccc4c(c3)COC4=O)C2=S)cc1C(F)(F)F. The Hall–Kier alpha value is -3.45. The van der Waals surface area contributed by atoms with Gasteiger partial charge in [-0.2, -0.15) is 18.4 Å². The highest BCUT2D eigenvalue weighted by molar-refractivity contribution is 7.81. The van der Waals surface area contributed by atoms with Crippen LogP contribution in [0, 0.1) is 11.3 Å². The standard InChI is InChI=1S/C22H14F3N3O3S/c23-22(24,25)17-9-14(3-2-12(17)10-26)27-19(30)21(6-1-7-21)28(20(27)32)15-4-5-16-13(8-15)11-31-18(16)29/h2-5,8-9H,1,6-7,11H2. The highest BCUT2D eigenvalue weighted by atomic mass is 32.1. The number of esters is 1. The fourth-order valence-corrected chi connectivity index (χ4v) is 4.94. The average Bonchev–Trinajstić information content (AvgIpc) is 3.20. The molecule has 1 saturated heterocycles. The molecule has 2 heterocycles. The fourth-order valence-electron chi connectivity index (χ4n) is 4.47. The molecule has 0 atom stereocenters. The van der Waals surface area contributed by atoms with E-state index in [9.17, 15) is 22.8 Å². The maximum atomic E-state index is 13.5. The van der Waals surface area contributed by atoms with Crippen LogP contribution < -0.4 is 9.80 Å². The van der Waals surface area contributed by atoms with Gasteiger partial charge in [-0.15, -0.1) is 0 Å². The largest absolute Gasteiger partial charge is 0.457 e. The van der Waals surface area contributed by atoms with Crippen LogP contribution in [-0.2, 0) is 22.3 Å². The molecule has 3 aliphatic rings. The lowest BCUT2D eigenvalue weighted by Gasteiger charge is -2.43. The number of hydrogen-bond acceptors (Lipinski definition) is 5. The number of cyclic esters (lactones) is 1. The summed E-state index contributed by atoms with van der Waals surface area (Å²) in [6.45, 7) is 0.109. The molecule has 2 fully saturated rings. The Kier molecular flexibility index (Phi) is 4.33. The van der Waals surface area contributed by atoms with Gasteiger partial charge >= 0.3 is 12.1 Å². The van der Waals surface area contributed by atoms with Crippen molar-refractivity contribution in [3.05, 3.63) is 58.7 Å². The number of amides is 1. The Morgan fingerprint density at radius 1 is 1.09 bits per heavy atom. The second-order valence-electron chi connectivity index (χ2n) is 7.90. The number of carbonyl (C=O) groups is 2. The van der Waals surface area contributed by atoms with Crippen LogP contribution in [0.25, 0.3) is 0 Å². The second kappa shape index (κ2) is 6.77. The molecular formula is C22H14F3N3O3S. The van der Waals surface area contributed by atoms with Crippen molar-refractivity contribution in [3.8, 4) is 6.07 Å². The Labute approximate surface area is 185 Å². The van der Waals surface area contributed by atoms with Crippen LogP contribution in [0.4, 0.5) is 24.5 Å². The molecule has 5 rings (SSSR count). The average molecular weight is 457 g/mol. The summed E-state index contributed by atoms with van der Waals surface area (Å²) in [5.41, 5.74) is -1.01. The van der Waals surface area contributed by atoms with Gasteiger partial charge in [0, 0.05) is 11.3 Å². The van der Waals surface area contributed by atoms with E-state index in [1.165, 1.54) is 12.1 Å². The summed E-state index contributed by atoms with van der Waals surface area (Å²) in [5, 5.41) is 9.11. The van der Waals surface area contributed by atoms with Gasteiger partial charge in [0.2, 0.25) is 0 Å². The Bertz CT molecular complexity index is 1250. The number of ether oxygens (including phenoxy) is 1. The quantitative estimate of drug-likeness (QED) is 0.494. The van der Waals surface area contributed by atoms with Gasteiger partial charge in [0.05, 0.1) is 28.4 Å². The predicted molar refractivity (Wildman–Crippen MR) is 111 cm³/mol. The number of halogens is 3. The van der Waals surface area contributed by atoms with Gasteiger partial charge in [0.25, 0.3) is 5.91 Å². The Morgan fingerprint density at radius 2 is 1.81 bits per heavy atom. The summed E-state index contributed by atoms with van der Waals surface area (Å²) >= 11 is 5.59. The number of anilines is 2. The van der Waals surface area contributed by atoms with Crippen molar-refractivity contribution < 1.29 is 27.5 Å². The van der Waals surface area contributed by atoms with Crippen LogP contribution in [0.3, 0.4) is 0 Å². The van der Waals surface area contributed by atoms with Crippen LogP contribution in [0.15, 0.2) is 36.4 Å². The Morgan fingerprint density at radius 3 is 2.44 bits per heavy atom. The number of nitriles is 1. The molecule has 1 amide bonds. The minimum atomic E-state index is -4.76. The fraction of sp³-hybridized carbons (Fsp3) is 0.273. The first-order valence-electron chi connectivity index (χ1n) is 9.77. The van der Waals surface area contributed by atoms with E-state index in [4.69, 9.17) is 22.2 Å². The molecule has 2 aliphatic heterocycles. The number of carbonyl (C=O) groups excluding carboxylic acids is 2. The van der Waals surface area contributed by atoms with Gasteiger partial charge in [0.1, 0.15) is 12.1 Å². The normalized spacial score (nSPS) is 19.1. The number of thiocarbonyl (C=S) groups is 1. The van der Waals surface area contributed by atoms with E-state index in [2.05, 4.69) is 0 Å². The minimum Gasteiger partial charge on any atom is -0.457 e.